The molecule has 1 aromatic rings. The molecule has 0 aliphatic heterocycles. The summed E-state index contributed by atoms with van der Waals surface area (Å²) in [5.74, 6) is -0.584. The Bertz CT molecular complexity index is 600. The standard InChI is InChI=1S/C13H18BrFN2O2S/c1-17(2)13(6-3-7-13)9-16-20(18,19)10-4-5-11(14)12(15)8-10/h4-5,8,16H,3,6-7,9H2,1-2H3. The Labute approximate surface area is 127 Å². The van der Waals surface area contributed by atoms with E-state index >= 15 is 0 Å². The van der Waals surface area contributed by atoms with Gasteiger partial charge in [0.25, 0.3) is 0 Å². The topological polar surface area (TPSA) is 49.4 Å². The van der Waals surface area contributed by atoms with Crippen LogP contribution >= 0.6 is 15.9 Å². The highest BCUT2D eigenvalue weighted by molar-refractivity contribution is 9.10. The van der Waals surface area contributed by atoms with Gasteiger partial charge in [0.1, 0.15) is 5.82 Å². The lowest BCUT2D eigenvalue weighted by Gasteiger charge is -2.47. The predicted octanol–water partition coefficient (Wildman–Crippen LogP) is 2.35. The van der Waals surface area contributed by atoms with Crippen molar-refractivity contribution in [2.24, 2.45) is 0 Å². The van der Waals surface area contributed by atoms with E-state index in [1.165, 1.54) is 12.1 Å². The van der Waals surface area contributed by atoms with E-state index in [1.54, 1.807) is 0 Å². The zero-order valence-electron chi connectivity index (χ0n) is 11.5. The monoisotopic (exact) mass is 364 g/mol. The Hall–Kier alpha value is -0.500. The number of nitrogens with one attached hydrogen (secondary N) is 1. The quantitative estimate of drug-likeness (QED) is 0.872. The van der Waals surface area contributed by atoms with Crippen LogP contribution in [0, 0.1) is 5.82 Å². The first kappa shape index (κ1) is 15.9. The molecule has 0 radical (unpaired) electrons. The van der Waals surface area contributed by atoms with Crippen LogP contribution in [-0.2, 0) is 10.0 Å². The summed E-state index contributed by atoms with van der Waals surface area (Å²) in [6.07, 6.45) is 3.04. The number of halogens is 2. The molecule has 0 heterocycles. The number of benzene rings is 1. The minimum absolute atomic E-state index is 0.0496. The molecule has 1 fully saturated rings. The summed E-state index contributed by atoms with van der Waals surface area (Å²) in [7, 11) is 0.222. The molecular weight excluding hydrogens is 347 g/mol. The number of nitrogens with zero attached hydrogens (tertiary/aromatic N) is 1. The summed E-state index contributed by atoms with van der Waals surface area (Å²) in [6.45, 7) is 0.347. The molecule has 0 aromatic heterocycles. The fourth-order valence-corrected chi connectivity index (χ4v) is 3.70. The van der Waals surface area contributed by atoms with E-state index in [9.17, 15) is 12.8 Å². The summed E-state index contributed by atoms with van der Waals surface area (Å²) in [6, 6.07) is 3.81. The van der Waals surface area contributed by atoms with Crippen LogP contribution in [0.15, 0.2) is 27.6 Å². The van der Waals surface area contributed by atoms with Gasteiger partial charge in [-0.25, -0.2) is 17.5 Å². The molecule has 4 nitrogen and oxygen atoms in total. The molecule has 1 aliphatic carbocycles. The molecule has 0 unspecified atom stereocenters. The molecule has 0 amide bonds. The van der Waals surface area contributed by atoms with Gasteiger partial charge in [-0.1, -0.05) is 0 Å². The summed E-state index contributed by atoms with van der Waals surface area (Å²) in [5.41, 5.74) is -0.110. The average Bonchev–Trinajstić information content (AvgIpc) is 2.30. The number of hydrogen-bond acceptors (Lipinski definition) is 3. The third-order valence-corrected chi connectivity index (χ3v) is 6.07. The minimum Gasteiger partial charge on any atom is -0.302 e. The van der Waals surface area contributed by atoms with E-state index in [-0.39, 0.29) is 14.9 Å². The lowest BCUT2D eigenvalue weighted by Crippen LogP contribution is -2.57. The maximum atomic E-state index is 13.4. The van der Waals surface area contributed by atoms with Gasteiger partial charge in [0.15, 0.2) is 0 Å². The number of likely N-dealkylation sites (N-methyl/N-ethyl adjacent to an activating group) is 1. The van der Waals surface area contributed by atoms with Crippen molar-refractivity contribution in [3.8, 4) is 0 Å². The van der Waals surface area contributed by atoms with Gasteiger partial charge >= 0.3 is 0 Å². The van der Waals surface area contributed by atoms with Gasteiger partial charge in [-0.05, 0) is 67.5 Å². The number of hydrogen-bond donors (Lipinski definition) is 1. The molecule has 0 bridgehead atoms. The van der Waals surface area contributed by atoms with Crippen LogP contribution in [-0.4, -0.2) is 39.5 Å². The Morgan fingerprint density at radius 2 is 2.05 bits per heavy atom. The summed E-state index contributed by atoms with van der Waals surface area (Å²) in [4.78, 5) is 2.01. The Balaban J connectivity index is 2.13. The molecule has 0 spiro atoms. The van der Waals surface area contributed by atoms with Gasteiger partial charge in [-0.15, -0.1) is 0 Å². The highest BCUT2D eigenvalue weighted by Crippen LogP contribution is 2.35. The zero-order chi connectivity index (χ0) is 15.0. The van der Waals surface area contributed by atoms with Crippen LogP contribution in [0.25, 0.3) is 0 Å². The van der Waals surface area contributed by atoms with E-state index in [0.717, 1.165) is 25.3 Å². The normalized spacial score (nSPS) is 18.1. The minimum atomic E-state index is -3.68. The second-order valence-corrected chi connectivity index (χ2v) is 7.99. The molecule has 0 atom stereocenters. The third kappa shape index (κ3) is 3.05. The van der Waals surface area contributed by atoms with Crippen LogP contribution in [0.3, 0.4) is 0 Å². The first-order valence-electron chi connectivity index (χ1n) is 6.39. The first-order valence-corrected chi connectivity index (χ1v) is 8.67. The zero-order valence-corrected chi connectivity index (χ0v) is 13.9. The van der Waals surface area contributed by atoms with E-state index in [0.29, 0.717) is 6.54 Å². The predicted molar refractivity (Wildman–Crippen MR) is 79.6 cm³/mol. The third-order valence-electron chi connectivity index (χ3n) is 4.03. The lowest BCUT2D eigenvalue weighted by atomic mass is 9.76. The Morgan fingerprint density at radius 1 is 1.40 bits per heavy atom. The molecule has 2 rings (SSSR count). The van der Waals surface area contributed by atoms with Crippen molar-refractivity contribution in [2.75, 3.05) is 20.6 Å². The van der Waals surface area contributed by atoms with Crippen molar-refractivity contribution in [3.05, 3.63) is 28.5 Å². The SMILES string of the molecule is CN(C)C1(CNS(=O)(=O)c2ccc(Br)c(F)c2)CCC1. The maximum absolute atomic E-state index is 13.4. The molecule has 20 heavy (non-hydrogen) atoms. The first-order chi connectivity index (χ1) is 9.27. The van der Waals surface area contributed by atoms with Crippen molar-refractivity contribution in [1.29, 1.82) is 0 Å². The Kier molecular flexibility index (Phi) is 4.53. The van der Waals surface area contributed by atoms with Crippen LogP contribution in [0.4, 0.5) is 4.39 Å². The van der Waals surface area contributed by atoms with E-state index in [1.807, 2.05) is 14.1 Å². The van der Waals surface area contributed by atoms with Gasteiger partial charge in [-0.2, -0.15) is 0 Å². The molecule has 1 aliphatic rings. The van der Waals surface area contributed by atoms with Gasteiger partial charge in [0, 0.05) is 12.1 Å². The van der Waals surface area contributed by atoms with Crippen molar-refractivity contribution in [1.82, 2.24) is 9.62 Å². The number of rotatable bonds is 5. The summed E-state index contributed by atoms with van der Waals surface area (Å²) >= 11 is 3.01. The van der Waals surface area contributed by atoms with Crippen LogP contribution in [0.2, 0.25) is 0 Å². The fraction of sp³-hybridized carbons (Fsp3) is 0.538. The second kappa shape index (κ2) is 5.71. The van der Waals surface area contributed by atoms with Crippen molar-refractivity contribution in [3.63, 3.8) is 0 Å². The van der Waals surface area contributed by atoms with Gasteiger partial charge < -0.3 is 4.90 Å². The molecule has 0 saturated heterocycles. The largest absolute Gasteiger partial charge is 0.302 e. The lowest BCUT2D eigenvalue weighted by molar-refractivity contribution is 0.0657. The van der Waals surface area contributed by atoms with Gasteiger partial charge in [0.05, 0.1) is 9.37 Å². The van der Waals surface area contributed by atoms with Crippen molar-refractivity contribution in [2.45, 2.75) is 29.7 Å². The van der Waals surface area contributed by atoms with E-state index in [4.69, 9.17) is 0 Å². The molecule has 1 aromatic carbocycles. The van der Waals surface area contributed by atoms with Crippen LogP contribution < -0.4 is 4.72 Å². The average molecular weight is 365 g/mol. The maximum Gasteiger partial charge on any atom is 0.240 e. The van der Waals surface area contributed by atoms with E-state index in [2.05, 4.69) is 25.6 Å². The molecule has 1 N–H and O–H groups in total. The van der Waals surface area contributed by atoms with Gasteiger partial charge in [-0.3, -0.25) is 0 Å². The van der Waals surface area contributed by atoms with E-state index < -0.39 is 15.8 Å². The smallest absolute Gasteiger partial charge is 0.240 e. The highest BCUT2D eigenvalue weighted by atomic mass is 79.9. The second-order valence-electron chi connectivity index (χ2n) is 5.37. The Morgan fingerprint density at radius 3 is 2.50 bits per heavy atom. The van der Waals surface area contributed by atoms with Crippen molar-refractivity contribution < 1.29 is 12.8 Å². The van der Waals surface area contributed by atoms with Gasteiger partial charge in [0.2, 0.25) is 10.0 Å². The highest BCUT2D eigenvalue weighted by Gasteiger charge is 2.39. The summed E-state index contributed by atoms with van der Waals surface area (Å²) < 4.78 is 40.7. The summed E-state index contributed by atoms with van der Waals surface area (Å²) in [5, 5.41) is 0. The molecule has 7 heteroatoms. The molecule has 1 saturated carbocycles. The fourth-order valence-electron chi connectivity index (χ4n) is 2.32. The van der Waals surface area contributed by atoms with Crippen LogP contribution in [0.1, 0.15) is 19.3 Å². The molecule has 112 valence electrons. The van der Waals surface area contributed by atoms with Crippen LogP contribution in [0.5, 0.6) is 0 Å². The van der Waals surface area contributed by atoms with Crippen molar-refractivity contribution >= 4 is 26.0 Å². The molecular formula is C13H18BrFN2O2S. The number of sulfonamides is 1.